The number of aromatic nitrogens is 3. The van der Waals surface area contributed by atoms with Gasteiger partial charge in [-0.2, -0.15) is 4.98 Å². The van der Waals surface area contributed by atoms with E-state index in [4.69, 9.17) is 25.4 Å². The zero-order valence-corrected chi connectivity index (χ0v) is 25.4. The van der Waals surface area contributed by atoms with Crippen molar-refractivity contribution in [1.82, 2.24) is 30.5 Å². The zero-order valence-electron chi connectivity index (χ0n) is 25.4. The zero-order chi connectivity index (χ0) is 31.8. The van der Waals surface area contributed by atoms with E-state index < -0.39 is 24.3 Å². The quantitative estimate of drug-likeness (QED) is 0.193. The van der Waals surface area contributed by atoms with E-state index in [9.17, 15) is 14.4 Å². The van der Waals surface area contributed by atoms with E-state index in [1.54, 1.807) is 56.9 Å². The number of anilines is 3. The molecule has 2 aromatic rings. The molecule has 3 amide bonds. The Bertz CT molecular complexity index is 1330. The Hall–Kier alpha value is -4.73. The minimum atomic E-state index is -0.772. The largest absolute Gasteiger partial charge is 0.446 e. The van der Waals surface area contributed by atoms with Gasteiger partial charge in [0.2, 0.25) is 5.95 Å². The number of nitrogens with two attached hydrogens (primary N) is 1. The van der Waals surface area contributed by atoms with E-state index in [1.807, 2.05) is 4.90 Å². The SMILES string of the molecule is CC(C)OC(=O)NN(C(=O)OC(C)C)[C@@H]1CCCN(c2nnc(C(=N)N)c(Nc3ccc(C(=O)N4CCOCC4)cc3)n2)C1. The van der Waals surface area contributed by atoms with Gasteiger partial charge in [0.25, 0.3) is 5.91 Å². The van der Waals surface area contributed by atoms with Crippen molar-refractivity contribution in [3.63, 3.8) is 0 Å². The van der Waals surface area contributed by atoms with Crippen molar-refractivity contribution in [2.75, 3.05) is 49.6 Å². The highest BCUT2D eigenvalue weighted by Gasteiger charge is 2.33. The maximum atomic E-state index is 12.9. The fourth-order valence-corrected chi connectivity index (χ4v) is 4.73. The lowest BCUT2D eigenvalue weighted by atomic mass is 10.1. The number of morpholine rings is 1. The van der Waals surface area contributed by atoms with Crippen LogP contribution in [-0.2, 0) is 14.2 Å². The Morgan fingerprint density at radius 1 is 1.05 bits per heavy atom. The van der Waals surface area contributed by atoms with Crippen LogP contribution in [0.1, 0.15) is 56.6 Å². The third kappa shape index (κ3) is 8.43. The molecule has 0 aliphatic carbocycles. The summed E-state index contributed by atoms with van der Waals surface area (Å²) in [5, 5.41) is 20.6. The smallest absolute Gasteiger partial charge is 0.429 e. The van der Waals surface area contributed by atoms with E-state index in [2.05, 4.69) is 25.9 Å². The molecule has 0 bridgehead atoms. The maximum absolute atomic E-state index is 12.9. The molecule has 0 spiro atoms. The fraction of sp³-hybridized carbons (Fsp3) is 0.536. The van der Waals surface area contributed by atoms with E-state index in [1.165, 1.54) is 0 Å². The van der Waals surface area contributed by atoms with Crippen molar-refractivity contribution < 1.29 is 28.6 Å². The Balaban J connectivity index is 1.52. The normalized spacial score (nSPS) is 16.8. The first-order valence-corrected chi connectivity index (χ1v) is 14.6. The molecular formula is C28H40N10O6. The van der Waals surface area contributed by atoms with Crippen molar-refractivity contribution in [2.45, 2.75) is 58.8 Å². The van der Waals surface area contributed by atoms with Crippen molar-refractivity contribution >= 4 is 41.4 Å². The molecule has 2 fully saturated rings. The number of hydrazine groups is 1. The molecule has 1 atom stereocenters. The number of hydrogen-bond acceptors (Lipinski definition) is 12. The van der Waals surface area contributed by atoms with Crippen LogP contribution in [0.5, 0.6) is 0 Å². The Morgan fingerprint density at radius 2 is 1.73 bits per heavy atom. The monoisotopic (exact) mass is 612 g/mol. The van der Waals surface area contributed by atoms with Gasteiger partial charge < -0.3 is 35.1 Å². The molecule has 5 N–H and O–H groups in total. The van der Waals surface area contributed by atoms with Crippen LogP contribution in [0.15, 0.2) is 24.3 Å². The first kappa shape index (κ1) is 32.2. The molecule has 2 aliphatic rings. The van der Waals surface area contributed by atoms with Crippen LogP contribution < -0.4 is 21.4 Å². The van der Waals surface area contributed by atoms with Crippen LogP contribution in [0.3, 0.4) is 0 Å². The third-order valence-electron chi connectivity index (χ3n) is 6.76. The van der Waals surface area contributed by atoms with E-state index >= 15 is 0 Å². The van der Waals surface area contributed by atoms with E-state index in [0.717, 1.165) is 5.01 Å². The third-order valence-corrected chi connectivity index (χ3v) is 6.76. The second kappa shape index (κ2) is 14.6. The molecule has 16 nitrogen and oxygen atoms in total. The number of nitrogens with zero attached hydrogens (tertiary/aromatic N) is 6. The summed E-state index contributed by atoms with van der Waals surface area (Å²) in [6, 6.07) is 6.40. The lowest BCUT2D eigenvalue weighted by Crippen LogP contribution is -2.58. The summed E-state index contributed by atoms with van der Waals surface area (Å²) in [7, 11) is 0. The van der Waals surface area contributed by atoms with Crippen LogP contribution in [0.25, 0.3) is 0 Å². The van der Waals surface area contributed by atoms with Crippen molar-refractivity contribution in [1.29, 1.82) is 5.41 Å². The highest BCUT2D eigenvalue weighted by atomic mass is 16.6. The Labute approximate surface area is 255 Å². The second-order valence-corrected chi connectivity index (χ2v) is 10.9. The molecule has 3 heterocycles. The van der Waals surface area contributed by atoms with Crippen LogP contribution in [0, 0.1) is 5.41 Å². The highest BCUT2D eigenvalue weighted by Crippen LogP contribution is 2.24. The molecule has 0 radical (unpaired) electrons. The van der Waals surface area contributed by atoms with Gasteiger partial charge in [-0.25, -0.2) is 20.0 Å². The number of ether oxygens (including phenoxy) is 3. The van der Waals surface area contributed by atoms with Crippen LogP contribution in [-0.4, -0.2) is 107 Å². The maximum Gasteiger partial charge on any atom is 0.429 e. The summed E-state index contributed by atoms with van der Waals surface area (Å²) >= 11 is 0. The number of rotatable bonds is 8. The molecule has 4 rings (SSSR count). The van der Waals surface area contributed by atoms with Gasteiger partial charge in [-0.15, -0.1) is 10.2 Å². The van der Waals surface area contributed by atoms with Gasteiger partial charge >= 0.3 is 12.2 Å². The van der Waals surface area contributed by atoms with Crippen molar-refractivity contribution in [3.8, 4) is 0 Å². The van der Waals surface area contributed by atoms with Crippen LogP contribution in [0.4, 0.5) is 27.0 Å². The summed E-state index contributed by atoms with van der Waals surface area (Å²) in [6.07, 6.45) is -1.05. The number of hydrogen-bond donors (Lipinski definition) is 4. The van der Waals surface area contributed by atoms with Gasteiger partial charge in [-0.3, -0.25) is 10.2 Å². The molecule has 2 aliphatic heterocycles. The van der Waals surface area contributed by atoms with Gasteiger partial charge in [0.15, 0.2) is 11.5 Å². The number of nitrogen functional groups attached to an aromatic ring is 1. The average molecular weight is 613 g/mol. The molecule has 0 saturated carbocycles. The van der Waals surface area contributed by atoms with Crippen molar-refractivity contribution in [2.24, 2.45) is 5.73 Å². The Morgan fingerprint density at radius 3 is 2.36 bits per heavy atom. The second-order valence-electron chi connectivity index (χ2n) is 10.9. The number of nitrogens with one attached hydrogen (secondary N) is 3. The molecule has 16 heteroatoms. The number of amidine groups is 1. The van der Waals surface area contributed by atoms with Crippen molar-refractivity contribution in [3.05, 3.63) is 35.5 Å². The van der Waals surface area contributed by atoms with Gasteiger partial charge in [0.1, 0.15) is 5.84 Å². The van der Waals surface area contributed by atoms with Crippen LogP contribution >= 0.6 is 0 Å². The average Bonchev–Trinajstić information content (AvgIpc) is 2.99. The molecule has 1 aromatic heterocycles. The number of amides is 3. The number of carbonyl (C=O) groups excluding carboxylic acids is 3. The summed E-state index contributed by atoms with van der Waals surface area (Å²) in [4.78, 5) is 46.4. The standard InChI is InChI=1S/C28H40N10O6/c1-17(2)43-27(40)35-38(28(41)44-18(3)4)21-6-5-11-37(16-21)26-32-24(22(23(29)30)33-34-26)31-20-9-7-19(8-10-20)25(39)36-12-14-42-15-13-36/h7-10,17-18,21H,5-6,11-16H2,1-4H3,(H3,29,30)(H,35,40)(H,31,32,34)/t21-/m1/s1. The molecule has 44 heavy (non-hydrogen) atoms. The molecule has 0 unspecified atom stereocenters. The first-order valence-electron chi connectivity index (χ1n) is 14.6. The predicted molar refractivity (Wildman–Crippen MR) is 161 cm³/mol. The fourth-order valence-electron chi connectivity index (χ4n) is 4.73. The Kier molecular flexibility index (Phi) is 10.7. The van der Waals surface area contributed by atoms with Gasteiger partial charge in [-0.05, 0) is 64.8 Å². The van der Waals surface area contributed by atoms with Gasteiger partial charge in [-0.1, -0.05) is 0 Å². The summed E-state index contributed by atoms with van der Waals surface area (Å²) in [5.74, 6) is 0.0354. The summed E-state index contributed by atoms with van der Waals surface area (Å²) < 4.78 is 15.9. The summed E-state index contributed by atoms with van der Waals surface area (Å²) in [6.45, 7) is 9.78. The molecule has 1 aromatic carbocycles. The number of piperidine rings is 1. The minimum Gasteiger partial charge on any atom is -0.446 e. The van der Waals surface area contributed by atoms with Crippen LogP contribution in [0.2, 0.25) is 0 Å². The summed E-state index contributed by atoms with van der Waals surface area (Å²) in [5.41, 5.74) is 9.49. The molecular weight excluding hydrogens is 572 g/mol. The predicted octanol–water partition coefficient (Wildman–Crippen LogP) is 2.24. The highest BCUT2D eigenvalue weighted by molar-refractivity contribution is 5.98. The molecule has 2 saturated heterocycles. The molecule has 238 valence electrons. The number of benzene rings is 1. The first-order chi connectivity index (χ1) is 21.0. The lowest BCUT2D eigenvalue weighted by molar-refractivity contribution is 0.0286. The minimum absolute atomic E-state index is 0.0519. The van der Waals surface area contributed by atoms with E-state index in [0.29, 0.717) is 56.9 Å². The lowest BCUT2D eigenvalue weighted by Gasteiger charge is -2.38. The topological polar surface area (TPSA) is 201 Å². The van der Waals surface area contributed by atoms with Gasteiger partial charge in [0, 0.05) is 37.4 Å². The van der Waals surface area contributed by atoms with E-state index in [-0.39, 0.29) is 41.9 Å². The number of carbonyl (C=O) groups is 3. The van der Waals surface area contributed by atoms with Gasteiger partial charge in [0.05, 0.1) is 31.5 Å².